The van der Waals surface area contributed by atoms with E-state index in [1.54, 1.807) is 6.92 Å². The van der Waals surface area contributed by atoms with E-state index in [-0.39, 0.29) is 34.0 Å². The Morgan fingerprint density at radius 1 is 1.15 bits per heavy atom. The van der Waals surface area contributed by atoms with E-state index in [4.69, 9.17) is 14.3 Å². The van der Waals surface area contributed by atoms with E-state index < -0.39 is 33.6 Å². The molecule has 1 heterocycles. The highest BCUT2D eigenvalue weighted by atomic mass is 32.2. The van der Waals surface area contributed by atoms with Gasteiger partial charge in [-0.3, -0.25) is 4.79 Å². The van der Waals surface area contributed by atoms with Crippen molar-refractivity contribution in [1.82, 2.24) is 0 Å². The summed E-state index contributed by atoms with van der Waals surface area (Å²) in [6.45, 7) is 4.21. The van der Waals surface area contributed by atoms with Crippen LogP contribution >= 0.6 is 0 Å². The van der Waals surface area contributed by atoms with Crippen LogP contribution in [0.1, 0.15) is 50.7 Å². The molecule has 0 radical (unpaired) electrons. The van der Waals surface area contributed by atoms with Gasteiger partial charge in [0.15, 0.2) is 5.78 Å². The Hall–Kier alpha value is -3.14. The molecule has 0 aliphatic carbocycles. The van der Waals surface area contributed by atoms with Crippen molar-refractivity contribution < 1.29 is 37.1 Å². The van der Waals surface area contributed by atoms with E-state index in [1.807, 2.05) is 0 Å². The van der Waals surface area contributed by atoms with Crippen molar-refractivity contribution >= 4 is 33.6 Å². The van der Waals surface area contributed by atoms with Crippen molar-refractivity contribution in [2.24, 2.45) is 0 Å². The molecule has 144 valence electrons. The Labute approximate surface area is 155 Å². The number of ketones is 1. The maximum Gasteiger partial charge on any atom is 0.344 e. The molecular weight excluding hydrogens is 378 g/mol. The Bertz CT molecular complexity index is 1000. The Morgan fingerprint density at radius 2 is 1.74 bits per heavy atom. The SMILES string of the molecule is CCOC(=O)c1c(NS(=O)(=O)c2ccc(C(=O)O)cc2)oc(C)c1C(C)=O. The molecule has 0 saturated carbocycles. The molecule has 0 atom stereocenters. The number of ether oxygens (including phenoxy) is 1. The minimum Gasteiger partial charge on any atom is -0.478 e. The van der Waals surface area contributed by atoms with Gasteiger partial charge in [0.2, 0.25) is 5.88 Å². The molecule has 9 nitrogen and oxygen atoms in total. The zero-order valence-electron chi connectivity index (χ0n) is 14.7. The average molecular weight is 395 g/mol. The number of carbonyl (C=O) groups is 3. The average Bonchev–Trinajstić information content (AvgIpc) is 2.90. The minimum atomic E-state index is -4.21. The molecule has 0 unspecified atom stereocenters. The van der Waals surface area contributed by atoms with Crippen molar-refractivity contribution in [3.8, 4) is 0 Å². The minimum absolute atomic E-state index is 0.0171. The number of sulfonamides is 1. The third kappa shape index (κ3) is 4.17. The highest BCUT2D eigenvalue weighted by Crippen LogP contribution is 2.30. The summed E-state index contributed by atoms with van der Waals surface area (Å²) in [4.78, 5) is 34.7. The summed E-state index contributed by atoms with van der Waals surface area (Å²) in [6, 6.07) is 4.43. The predicted octanol–water partition coefficient (Wildman–Crippen LogP) is 2.47. The maximum absolute atomic E-state index is 12.6. The number of hydrogen-bond donors (Lipinski definition) is 2. The van der Waals surface area contributed by atoms with Gasteiger partial charge in [-0.2, -0.15) is 0 Å². The lowest BCUT2D eigenvalue weighted by Gasteiger charge is -2.08. The zero-order valence-corrected chi connectivity index (χ0v) is 15.5. The molecule has 2 aromatic rings. The van der Waals surface area contributed by atoms with E-state index >= 15 is 0 Å². The first-order chi connectivity index (χ1) is 12.6. The summed E-state index contributed by atoms with van der Waals surface area (Å²) in [7, 11) is -4.21. The quantitative estimate of drug-likeness (QED) is 0.538. The van der Waals surface area contributed by atoms with Gasteiger partial charge in [0.25, 0.3) is 10.0 Å². The molecule has 2 N–H and O–H groups in total. The summed E-state index contributed by atoms with van der Waals surface area (Å²) >= 11 is 0. The van der Waals surface area contributed by atoms with Gasteiger partial charge < -0.3 is 14.3 Å². The van der Waals surface area contributed by atoms with Crippen molar-refractivity contribution in [3.63, 3.8) is 0 Å². The normalized spacial score (nSPS) is 11.1. The van der Waals surface area contributed by atoms with Gasteiger partial charge >= 0.3 is 11.9 Å². The molecule has 27 heavy (non-hydrogen) atoms. The van der Waals surface area contributed by atoms with Gasteiger partial charge in [-0.1, -0.05) is 0 Å². The molecule has 0 aliphatic heterocycles. The van der Waals surface area contributed by atoms with E-state index in [2.05, 4.69) is 4.72 Å². The second kappa shape index (κ2) is 7.62. The lowest BCUT2D eigenvalue weighted by molar-refractivity contribution is 0.0523. The number of carboxylic acid groups (broad SMARTS) is 1. The number of aromatic carboxylic acids is 1. The first kappa shape index (κ1) is 20.2. The monoisotopic (exact) mass is 395 g/mol. The number of rotatable bonds is 7. The molecule has 0 amide bonds. The molecule has 0 spiro atoms. The highest BCUT2D eigenvalue weighted by molar-refractivity contribution is 7.92. The lowest BCUT2D eigenvalue weighted by Crippen LogP contribution is -2.17. The largest absolute Gasteiger partial charge is 0.478 e. The van der Waals surface area contributed by atoms with Gasteiger partial charge in [-0.25, -0.2) is 22.7 Å². The number of furan rings is 1. The summed E-state index contributed by atoms with van der Waals surface area (Å²) in [6.07, 6.45) is 0. The van der Waals surface area contributed by atoms with E-state index in [0.29, 0.717) is 0 Å². The number of anilines is 1. The Morgan fingerprint density at radius 3 is 2.22 bits per heavy atom. The van der Waals surface area contributed by atoms with Gasteiger partial charge in [-0.05, 0) is 45.0 Å². The second-order valence-electron chi connectivity index (χ2n) is 5.45. The van der Waals surface area contributed by atoms with Crippen LogP contribution in [0.2, 0.25) is 0 Å². The number of aryl methyl sites for hydroxylation is 1. The van der Waals surface area contributed by atoms with Crippen molar-refractivity contribution in [2.75, 3.05) is 11.3 Å². The van der Waals surface area contributed by atoms with Crippen LogP contribution < -0.4 is 4.72 Å². The number of hydrogen-bond acceptors (Lipinski definition) is 7. The van der Waals surface area contributed by atoms with Gasteiger partial charge in [0, 0.05) is 0 Å². The third-order valence-corrected chi connectivity index (χ3v) is 4.90. The number of esters is 1. The van der Waals surface area contributed by atoms with Gasteiger partial charge in [-0.15, -0.1) is 0 Å². The second-order valence-corrected chi connectivity index (χ2v) is 7.13. The molecule has 0 fully saturated rings. The van der Waals surface area contributed by atoms with Crippen LogP contribution in [0.3, 0.4) is 0 Å². The molecule has 10 heteroatoms. The van der Waals surface area contributed by atoms with E-state index in [0.717, 1.165) is 24.3 Å². The van der Waals surface area contributed by atoms with Gasteiger partial charge in [0.05, 0.1) is 22.6 Å². The van der Waals surface area contributed by atoms with Crippen LogP contribution in [0.15, 0.2) is 33.6 Å². The molecule has 1 aromatic heterocycles. The molecule has 1 aromatic carbocycles. The number of nitrogens with one attached hydrogen (secondary N) is 1. The van der Waals surface area contributed by atoms with E-state index in [1.165, 1.54) is 13.8 Å². The maximum atomic E-state index is 12.6. The fraction of sp³-hybridized carbons (Fsp3) is 0.235. The number of Topliss-reactive ketones (excluding diaryl/α,β-unsaturated/α-hetero) is 1. The lowest BCUT2D eigenvalue weighted by atomic mass is 10.1. The molecular formula is C17H17NO8S. The van der Waals surface area contributed by atoms with Crippen LogP contribution in [0.25, 0.3) is 0 Å². The standard InChI is InChI=1S/C17H17NO8S/c1-4-25-17(22)14-13(9(2)19)10(3)26-15(14)18-27(23,24)12-7-5-11(6-8-12)16(20)21/h5-8,18H,4H2,1-3H3,(H,20,21). The van der Waals surface area contributed by atoms with Crippen LogP contribution in [-0.2, 0) is 14.8 Å². The van der Waals surface area contributed by atoms with Crippen LogP contribution in [0.4, 0.5) is 5.88 Å². The fourth-order valence-corrected chi connectivity index (χ4v) is 3.40. The van der Waals surface area contributed by atoms with Crippen molar-refractivity contribution in [1.29, 1.82) is 0 Å². The van der Waals surface area contributed by atoms with Crippen LogP contribution in [0, 0.1) is 6.92 Å². The predicted molar refractivity (Wildman–Crippen MR) is 93.6 cm³/mol. The summed E-state index contributed by atoms with van der Waals surface area (Å²) in [5.74, 6) is -2.98. The number of carboxylic acids is 1. The molecule has 0 saturated heterocycles. The first-order valence-corrected chi connectivity index (χ1v) is 9.24. The number of carbonyl (C=O) groups excluding carboxylic acids is 2. The van der Waals surface area contributed by atoms with Crippen LogP contribution in [-0.4, -0.2) is 37.9 Å². The summed E-state index contributed by atoms with van der Waals surface area (Å²) in [5, 5.41) is 8.88. The topological polar surface area (TPSA) is 140 Å². The van der Waals surface area contributed by atoms with Crippen LogP contribution in [0.5, 0.6) is 0 Å². The zero-order chi connectivity index (χ0) is 20.4. The molecule has 0 bridgehead atoms. The molecule has 0 aliphatic rings. The first-order valence-electron chi connectivity index (χ1n) is 7.76. The summed E-state index contributed by atoms with van der Waals surface area (Å²) in [5.41, 5.74) is -0.478. The highest BCUT2D eigenvalue weighted by Gasteiger charge is 2.30. The van der Waals surface area contributed by atoms with Gasteiger partial charge in [0.1, 0.15) is 11.3 Å². The molecule has 2 rings (SSSR count). The third-order valence-electron chi connectivity index (χ3n) is 3.55. The van der Waals surface area contributed by atoms with Crippen molar-refractivity contribution in [2.45, 2.75) is 25.7 Å². The van der Waals surface area contributed by atoms with Crippen molar-refractivity contribution in [3.05, 3.63) is 46.7 Å². The Balaban J connectivity index is 2.49. The fourth-order valence-electron chi connectivity index (χ4n) is 2.40. The summed E-state index contributed by atoms with van der Waals surface area (Å²) < 4.78 is 37.4. The Kier molecular flexibility index (Phi) is 5.69. The van der Waals surface area contributed by atoms with E-state index in [9.17, 15) is 22.8 Å². The smallest absolute Gasteiger partial charge is 0.344 e. The number of benzene rings is 1.